The summed E-state index contributed by atoms with van der Waals surface area (Å²) < 4.78 is 1.59. The molecule has 152 valence electrons. The lowest BCUT2D eigenvalue weighted by Crippen LogP contribution is -2.34. The van der Waals surface area contributed by atoms with Gasteiger partial charge < -0.3 is 5.32 Å². The fraction of sp³-hybridized carbons (Fsp3) is 0.318. The Bertz CT molecular complexity index is 954. The van der Waals surface area contributed by atoms with Crippen LogP contribution >= 0.6 is 11.8 Å². The minimum atomic E-state index is -0.250. The number of nitrogens with zero attached hydrogens (tertiary/aromatic N) is 2. The molecule has 0 aliphatic heterocycles. The number of benzene rings is 2. The average Bonchev–Trinajstić information content (AvgIpc) is 3.10. The minimum Gasteiger partial charge on any atom is -0.353 e. The highest BCUT2D eigenvalue weighted by Gasteiger charge is 2.13. The molecule has 3 aromatic rings. The van der Waals surface area contributed by atoms with E-state index in [1.54, 1.807) is 4.57 Å². The number of nitrogens with one attached hydrogen (secondary N) is 2. The van der Waals surface area contributed by atoms with Crippen molar-refractivity contribution in [2.45, 2.75) is 43.9 Å². The predicted molar refractivity (Wildman–Crippen MR) is 116 cm³/mol. The standard InChI is InChI=1S/C22H26N4O2S/c1-17(12-13-18-8-4-2-5-9-18)23-20(27)16-29-22-25-24-21(28)26(22)15-14-19-10-6-3-7-11-19/h2-11,17H,12-16H2,1H3,(H,23,27)(H,24,28)/t17-/m0/s1. The number of H-pyrrole nitrogens is 1. The van der Waals surface area contributed by atoms with E-state index in [0.717, 1.165) is 24.8 Å². The SMILES string of the molecule is C[C@@H](CCc1ccccc1)NC(=O)CSc1n[nH]c(=O)n1CCc1ccccc1. The number of thioether (sulfide) groups is 1. The summed E-state index contributed by atoms with van der Waals surface area (Å²) in [5.41, 5.74) is 2.17. The number of aryl methyl sites for hydroxylation is 2. The molecule has 0 fully saturated rings. The average molecular weight is 411 g/mol. The molecule has 0 saturated carbocycles. The molecule has 2 N–H and O–H groups in total. The van der Waals surface area contributed by atoms with Crippen LogP contribution in [0.5, 0.6) is 0 Å². The van der Waals surface area contributed by atoms with E-state index in [1.165, 1.54) is 17.3 Å². The van der Waals surface area contributed by atoms with Crippen LogP contribution < -0.4 is 11.0 Å². The number of carbonyl (C=O) groups excluding carboxylic acids is 1. The van der Waals surface area contributed by atoms with E-state index in [1.807, 2.05) is 55.5 Å². The van der Waals surface area contributed by atoms with Crippen molar-refractivity contribution >= 4 is 17.7 Å². The number of aromatic amines is 1. The van der Waals surface area contributed by atoms with Crippen molar-refractivity contribution < 1.29 is 4.79 Å². The Labute approximate surface area is 174 Å². The third-order valence-electron chi connectivity index (χ3n) is 4.64. The summed E-state index contributed by atoms with van der Waals surface area (Å²) in [7, 11) is 0. The Morgan fingerprint density at radius 1 is 1.07 bits per heavy atom. The van der Waals surface area contributed by atoms with Gasteiger partial charge in [-0.1, -0.05) is 72.4 Å². The highest BCUT2D eigenvalue weighted by molar-refractivity contribution is 7.99. The molecule has 1 heterocycles. The van der Waals surface area contributed by atoms with Crippen LogP contribution in [0.3, 0.4) is 0 Å². The van der Waals surface area contributed by atoms with E-state index in [0.29, 0.717) is 11.7 Å². The molecule has 0 bridgehead atoms. The Kier molecular flexibility index (Phi) is 7.69. The molecule has 1 atom stereocenters. The monoisotopic (exact) mass is 410 g/mol. The normalized spacial score (nSPS) is 11.9. The van der Waals surface area contributed by atoms with E-state index >= 15 is 0 Å². The van der Waals surface area contributed by atoms with Crippen LogP contribution in [0.4, 0.5) is 0 Å². The molecule has 2 aromatic carbocycles. The molecule has 0 saturated heterocycles. The second kappa shape index (κ2) is 10.7. The lowest BCUT2D eigenvalue weighted by molar-refractivity contribution is -0.119. The first kappa shape index (κ1) is 20.9. The summed E-state index contributed by atoms with van der Waals surface area (Å²) in [5, 5.41) is 10.1. The summed E-state index contributed by atoms with van der Waals surface area (Å²) in [4.78, 5) is 24.3. The zero-order chi connectivity index (χ0) is 20.5. The molecular weight excluding hydrogens is 384 g/mol. The molecule has 0 unspecified atom stereocenters. The van der Waals surface area contributed by atoms with Crippen molar-refractivity contribution in [2.75, 3.05) is 5.75 Å². The van der Waals surface area contributed by atoms with Gasteiger partial charge in [0.1, 0.15) is 0 Å². The molecule has 0 aliphatic carbocycles. The van der Waals surface area contributed by atoms with Gasteiger partial charge in [0.05, 0.1) is 5.75 Å². The second-order valence-corrected chi connectivity index (χ2v) is 7.92. The Hall–Kier alpha value is -2.80. The molecule has 0 aliphatic rings. The van der Waals surface area contributed by atoms with Crippen molar-refractivity contribution in [2.24, 2.45) is 0 Å². The quantitative estimate of drug-likeness (QED) is 0.504. The maximum atomic E-state index is 12.3. The van der Waals surface area contributed by atoms with Crippen LogP contribution in [-0.2, 0) is 24.2 Å². The topological polar surface area (TPSA) is 79.8 Å². The predicted octanol–water partition coefficient (Wildman–Crippen LogP) is 3.04. The maximum Gasteiger partial charge on any atom is 0.343 e. The molecule has 3 rings (SSSR count). The summed E-state index contributed by atoms with van der Waals surface area (Å²) in [6.45, 7) is 2.53. The van der Waals surface area contributed by atoms with Crippen molar-refractivity contribution in [1.82, 2.24) is 20.1 Å². The van der Waals surface area contributed by atoms with Crippen LogP contribution in [0.2, 0.25) is 0 Å². The van der Waals surface area contributed by atoms with Crippen LogP contribution in [0.15, 0.2) is 70.6 Å². The summed E-state index contributed by atoms with van der Waals surface area (Å²) in [5.74, 6) is 0.173. The molecule has 7 heteroatoms. The fourth-order valence-electron chi connectivity index (χ4n) is 3.04. The first-order chi connectivity index (χ1) is 14.1. The molecule has 0 radical (unpaired) electrons. The van der Waals surface area contributed by atoms with Gasteiger partial charge in [-0.3, -0.25) is 9.36 Å². The van der Waals surface area contributed by atoms with Gasteiger partial charge >= 0.3 is 5.69 Å². The van der Waals surface area contributed by atoms with Gasteiger partial charge in [-0.15, -0.1) is 5.10 Å². The van der Waals surface area contributed by atoms with E-state index in [-0.39, 0.29) is 23.4 Å². The van der Waals surface area contributed by atoms with Gasteiger partial charge in [-0.25, -0.2) is 9.89 Å². The van der Waals surface area contributed by atoms with E-state index in [2.05, 4.69) is 27.6 Å². The van der Waals surface area contributed by atoms with Crippen molar-refractivity contribution in [3.63, 3.8) is 0 Å². The third-order valence-corrected chi connectivity index (χ3v) is 5.62. The number of hydrogen-bond donors (Lipinski definition) is 2. The van der Waals surface area contributed by atoms with Crippen molar-refractivity contribution in [1.29, 1.82) is 0 Å². The number of carbonyl (C=O) groups is 1. The molecule has 6 nitrogen and oxygen atoms in total. The third kappa shape index (κ3) is 6.64. The molecule has 1 amide bonds. The van der Waals surface area contributed by atoms with Crippen LogP contribution in [0.1, 0.15) is 24.5 Å². The second-order valence-electron chi connectivity index (χ2n) is 6.98. The lowest BCUT2D eigenvalue weighted by Gasteiger charge is -2.13. The van der Waals surface area contributed by atoms with Gasteiger partial charge in [0, 0.05) is 12.6 Å². The molecule has 1 aromatic heterocycles. The Morgan fingerprint density at radius 2 is 1.69 bits per heavy atom. The highest BCUT2D eigenvalue weighted by Crippen LogP contribution is 2.14. The molecular formula is C22H26N4O2S. The molecule has 29 heavy (non-hydrogen) atoms. The van der Waals surface area contributed by atoms with Gasteiger partial charge in [-0.05, 0) is 37.3 Å². The number of hydrogen-bond acceptors (Lipinski definition) is 4. The van der Waals surface area contributed by atoms with Crippen LogP contribution in [-0.4, -0.2) is 32.5 Å². The Morgan fingerprint density at radius 3 is 2.34 bits per heavy atom. The van der Waals surface area contributed by atoms with Crippen LogP contribution in [0.25, 0.3) is 0 Å². The van der Waals surface area contributed by atoms with Gasteiger partial charge in [0.25, 0.3) is 0 Å². The van der Waals surface area contributed by atoms with Crippen molar-refractivity contribution in [3.05, 3.63) is 82.3 Å². The summed E-state index contributed by atoms with van der Waals surface area (Å²) >= 11 is 1.28. The van der Waals surface area contributed by atoms with Crippen LogP contribution in [0, 0.1) is 0 Å². The fourth-order valence-corrected chi connectivity index (χ4v) is 3.83. The van der Waals surface area contributed by atoms with Gasteiger partial charge in [-0.2, -0.15) is 0 Å². The summed E-state index contributed by atoms with van der Waals surface area (Å²) in [6.07, 6.45) is 2.54. The number of aromatic nitrogens is 3. The first-order valence-electron chi connectivity index (χ1n) is 9.77. The zero-order valence-electron chi connectivity index (χ0n) is 16.5. The Balaban J connectivity index is 1.45. The zero-order valence-corrected chi connectivity index (χ0v) is 17.3. The van der Waals surface area contributed by atoms with Gasteiger partial charge in [0.2, 0.25) is 5.91 Å². The number of amides is 1. The minimum absolute atomic E-state index is 0.0550. The van der Waals surface area contributed by atoms with E-state index in [4.69, 9.17) is 0 Å². The highest BCUT2D eigenvalue weighted by atomic mass is 32.2. The number of rotatable bonds is 10. The summed E-state index contributed by atoms with van der Waals surface area (Å²) in [6, 6.07) is 20.3. The van der Waals surface area contributed by atoms with E-state index < -0.39 is 0 Å². The maximum absolute atomic E-state index is 12.3. The smallest absolute Gasteiger partial charge is 0.343 e. The lowest BCUT2D eigenvalue weighted by atomic mass is 10.1. The van der Waals surface area contributed by atoms with Crippen molar-refractivity contribution in [3.8, 4) is 0 Å². The van der Waals surface area contributed by atoms with E-state index in [9.17, 15) is 9.59 Å². The van der Waals surface area contributed by atoms with Gasteiger partial charge in [0.15, 0.2) is 5.16 Å². The largest absolute Gasteiger partial charge is 0.353 e. The first-order valence-corrected chi connectivity index (χ1v) is 10.8. The molecule has 0 spiro atoms.